The van der Waals surface area contributed by atoms with E-state index in [1.54, 1.807) is 25.1 Å². The topological polar surface area (TPSA) is 58.9 Å². The highest BCUT2D eigenvalue weighted by Gasteiger charge is 2.23. The molecule has 1 heterocycles. The van der Waals surface area contributed by atoms with Crippen LogP contribution >= 0.6 is 0 Å². The summed E-state index contributed by atoms with van der Waals surface area (Å²) in [6, 6.07) is 12.5. The fraction of sp³-hybridized carbons (Fsp3) is 0.227. The van der Waals surface area contributed by atoms with Gasteiger partial charge in [0.2, 0.25) is 5.75 Å². The molecular weight excluding hydrogens is 358 g/mol. The van der Waals surface area contributed by atoms with Crippen LogP contribution in [0.5, 0.6) is 23.0 Å². The molecule has 2 aromatic carbocycles. The van der Waals surface area contributed by atoms with Crippen molar-refractivity contribution in [3.05, 3.63) is 54.7 Å². The van der Waals surface area contributed by atoms with E-state index in [9.17, 15) is 4.79 Å². The van der Waals surface area contributed by atoms with E-state index in [1.807, 2.05) is 34.9 Å². The fourth-order valence-corrected chi connectivity index (χ4v) is 3.21. The van der Waals surface area contributed by atoms with E-state index in [1.165, 1.54) is 21.3 Å². The molecule has 146 valence electrons. The van der Waals surface area contributed by atoms with Gasteiger partial charge in [-0.15, -0.1) is 0 Å². The number of carbonyl (C=O) groups is 1. The van der Waals surface area contributed by atoms with Crippen molar-refractivity contribution < 1.29 is 23.7 Å². The number of nitrogens with zero attached hydrogens (tertiary/aromatic N) is 1. The summed E-state index contributed by atoms with van der Waals surface area (Å²) in [6.07, 6.45) is 1.73. The lowest BCUT2D eigenvalue weighted by Crippen LogP contribution is -2.22. The Labute approximate surface area is 163 Å². The van der Waals surface area contributed by atoms with Crippen LogP contribution in [-0.4, -0.2) is 31.9 Å². The third-order valence-corrected chi connectivity index (χ3v) is 4.57. The van der Waals surface area contributed by atoms with Gasteiger partial charge in [-0.25, -0.2) is 4.79 Å². The van der Waals surface area contributed by atoms with Gasteiger partial charge >= 0.3 is 5.97 Å². The molecule has 28 heavy (non-hydrogen) atoms. The molecule has 0 bridgehead atoms. The molecule has 0 saturated carbocycles. The van der Waals surface area contributed by atoms with Gasteiger partial charge in [-0.2, -0.15) is 0 Å². The van der Waals surface area contributed by atoms with Crippen LogP contribution < -0.4 is 18.9 Å². The average Bonchev–Trinajstić information content (AvgIpc) is 3.10. The molecule has 1 atom stereocenters. The zero-order chi connectivity index (χ0) is 20.3. The Bertz CT molecular complexity index is 996. The van der Waals surface area contributed by atoms with Crippen LogP contribution in [0.3, 0.4) is 0 Å². The third-order valence-electron chi connectivity index (χ3n) is 4.57. The average molecular weight is 381 g/mol. The standard InChI is InChI=1S/C22H23NO5/c1-6-16-11-15-9-7-8-10-18(15)23(16)14(2)22(24)28-17-12-19(25-3)21(27-5)20(13-17)26-4/h6-14H,1H2,2-5H3. The van der Waals surface area contributed by atoms with Gasteiger partial charge in [-0.05, 0) is 25.1 Å². The summed E-state index contributed by atoms with van der Waals surface area (Å²) in [7, 11) is 4.53. The van der Waals surface area contributed by atoms with Crippen molar-refractivity contribution in [3.8, 4) is 23.0 Å². The van der Waals surface area contributed by atoms with Crippen LogP contribution in [0.15, 0.2) is 49.0 Å². The van der Waals surface area contributed by atoms with Crippen molar-refractivity contribution in [1.29, 1.82) is 0 Å². The minimum absolute atomic E-state index is 0.308. The third kappa shape index (κ3) is 3.41. The molecule has 6 heteroatoms. The molecule has 1 unspecified atom stereocenters. The summed E-state index contributed by atoms with van der Waals surface area (Å²) in [5.74, 6) is 1.15. The predicted octanol–water partition coefficient (Wildman–Crippen LogP) is 4.48. The predicted molar refractivity (Wildman–Crippen MR) is 108 cm³/mol. The lowest BCUT2D eigenvalue weighted by molar-refractivity contribution is -0.137. The number of methoxy groups -OCH3 is 3. The minimum atomic E-state index is -0.563. The monoisotopic (exact) mass is 381 g/mol. The van der Waals surface area contributed by atoms with E-state index in [-0.39, 0.29) is 0 Å². The van der Waals surface area contributed by atoms with E-state index in [4.69, 9.17) is 18.9 Å². The molecular formula is C22H23NO5. The Morgan fingerprint density at radius 3 is 2.25 bits per heavy atom. The summed E-state index contributed by atoms with van der Waals surface area (Å²) in [4.78, 5) is 12.9. The molecule has 0 aliphatic rings. The lowest BCUT2D eigenvalue weighted by atomic mass is 10.2. The first-order valence-corrected chi connectivity index (χ1v) is 8.78. The molecule has 0 aliphatic carbocycles. The van der Waals surface area contributed by atoms with Gasteiger partial charge in [0.1, 0.15) is 11.8 Å². The summed E-state index contributed by atoms with van der Waals surface area (Å²) in [5.41, 5.74) is 1.78. The lowest BCUT2D eigenvalue weighted by Gasteiger charge is -2.18. The number of aromatic nitrogens is 1. The van der Waals surface area contributed by atoms with Gasteiger partial charge in [0.05, 0.1) is 21.3 Å². The highest BCUT2D eigenvalue weighted by molar-refractivity contribution is 5.87. The van der Waals surface area contributed by atoms with Gasteiger partial charge in [-0.3, -0.25) is 0 Å². The molecule has 0 N–H and O–H groups in total. The summed E-state index contributed by atoms with van der Waals surface area (Å²) in [5, 5.41) is 1.03. The second-order valence-electron chi connectivity index (χ2n) is 6.16. The summed E-state index contributed by atoms with van der Waals surface area (Å²) in [6.45, 7) is 5.65. The Balaban J connectivity index is 1.95. The SMILES string of the molecule is C=Cc1cc2ccccc2n1C(C)C(=O)Oc1cc(OC)c(OC)c(OC)c1. The number of hydrogen-bond donors (Lipinski definition) is 0. The maximum Gasteiger partial charge on any atom is 0.334 e. The minimum Gasteiger partial charge on any atom is -0.493 e. The summed E-state index contributed by atoms with van der Waals surface area (Å²) < 4.78 is 23.5. The molecule has 0 amide bonds. The number of benzene rings is 2. The van der Waals surface area contributed by atoms with Crippen molar-refractivity contribution in [3.63, 3.8) is 0 Å². The van der Waals surface area contributed by atoms with E-state index in [0.29, 0.717) is 23.0 Å². The van der Waals surface area contributed by atoms with Crippen LogP contribution in [0.2, 0.25) is 0 Å². The van der Waals surface area contributed by atoms with Crippen LogP contribution in [0, 0.1) is 0 Å². The Morgan fingerprint density at radius 1 is 1.04 bits per heavy atom. The van der Waals surface area contributed by atoms with Crippen molar-refractivity contribution in [2.45, 2.75) is 13.0 Å². The summed E-state index contributed by atoms with van der Waals surface area (Å²) >= 11 is 0. The van der Waals surface area contributed by atoms with Gasteiger partial charge in [0, 0.05) is 28.7 Å². The number of rotatable bonds is 7. The van der Waals surface area contributed by atoms with Crippen LogP contribution in [0.4, 0.5) is 0 Å². The molecule has 0 saturated heterocycles. The first-order valence-electron chi connectivity index (χ1n) is 8.78. The smallest absolute Gasteiger partial charge is 0.334 e. The van der Waals surface area contributed by atoms with Gasteiger partial charge in [0.15, 0.2) is 11.5 Å². The zero-order valence-corrected chi connectivity index (χ0v) is 16.4. The Kier molecular flexibility index (Phi) is 5.59. The van der Waals surface area contributed by atoms with Crippen molar-refractivity contribution in [2.75, 3.05) is 21.3 Å². The highest BCUT2D eigenvalue weighted by atomic mass is 16.5. The Morgan fingerprint density at radius 2 is 1.68 bits per heavy atom. The largest absolute Gasteiger partial charge is 0.493 e. The maximum absolute atomic E-state index is 12.9. The molecule has 0 aliphatic heterocycles. The molecule has 1 aromatic heterocycles. The molecule has 3 aromatic rings. The molecule has 6 nitrogen and oxygen atoms in total. The number of hydrogen-bond acceptors (Lipinski definition) is 5. The van der Waals surface area contributed by atoms with E-state index in [2.05, 4.69) is 6.58 Å². The number of ether oxygens (including phenoxy) is 4. The van der Waals surface area contributed by atoms with Gasteiger partial charge < -0.3 is 23.5 Å². The maximum atomic E-state index is 12.9. The van der Waals surface area contributed by atoms with Crippen molar-refractivity contribution in [2.24, 2.45) is 0 Å². The molecule has 0 fully saturated rings. The second-order valence-corrected chi connectivity index (χ2v) is 6.16. The molecule has 0 radical (unpaired) electrons. The molecule has 3 rings (SSSR count). The number of para-hydroxylation sites is 1. The second kappa shape index (κ2) is 8.08. The van der Waals surface area contributed by atoms with E-state index in [0.717, 1.165) is 16.6 Å². The normalized spacial score (nSPS) is 11.7. The van der Waals surface area contributed by atoms with E-state index < -0.39 is 12.0 Å². The van der Waals surface area contributed by atoms with Crippen molar-refractivity contribution in [1.82, 2.24) is 4.57 Å². The number of carbonyl (C=O) groups excluding carboxylic acids is 1. The van der Waals surface area contributed by atoms with Gasteiger partial charge in [0.25, 0.3) is 0 Å². The molecule has 0 spiro atoms. The Hall–Kier alpha value is -3.41. The van der Waals surface area contributed by atoms with Crippen LogP contribution in [0.25, 0.3) is 17.0 Å². The van der Waals surface area contributed by atoms with Crippen LogP contribution in [-0.2, 0) is 4.79 Å². The first kappa shape index (κ1) is 19.4. The zero-order valence-electron chi connectivity index (χ0n) is 16.4. The number of fused-ring (bicyclic) bond motifs is 1. The first-order chi connectivity index (χ1) is 13.5. The van der Waals surface area contributed by atoms with Crippen LogP contribution in [0.1, 0.15) is 18.7 Å². The highest BCUT2D eigenvalue weighted by Crippen LogP contribution is 2.41. The fourth-order valence-electron chi connectivity index (χ4n) is 3.21. The number of esters is 1. The quantitative estimate of drug-likeness (QED) is 0.446. The van der Waals surface area contributed by atoms with E-state index >= 15 is 0 Å². The van der Waals surface area contributed by atoms with Gasteiger partial charge in [-0.1, -0.05) is 24.8 Å². The van der Waals surface area contributed by atoms with Crippen molar-refractivity contribution >= 4 is 22.9 Å².